The first kappa shape index (κ1) is 28.4. The van der Waals surface area contributed by atoms with Crippen LogP contribution in [0.3, 0.4) is 0 Å². The Labute approximate surface area is 240 Å². The van der Waals surface area contributed by atoms with Gasteiger partial charge >= 0.3 is 0 Å². The number of hydrogen-bond acceptors (Lipinski definition) is 6. The van der Waals surface area contributed by atoms with E-state index in [4.69, 9.17) is 4.98 Å². The number of anilines is 1. The third-order valence-electron chi connectivity index (χ3n) is 7.66. The van der Waals surface area contributed by atoms with E-state index in [1.807, 2.05) is 49.7 Å². The predicted octanol–water partition coefficient (Wildman–Crippen LogP) is 5.68. The Hall–Kier alpha value is -3.08. The van der Waals surface area contributed by atoms with E-state index in [-0.39, 0.29) is 11.8 Å². The molecule has 0 atom stereocenters. The van der Waals surface area contributed by atoms with Crippen LogP contribution in [0.25, 0.3) is 10.2 Å². The first-order valence-corrected chi connectivity index (χ1v) is 16.1. The van der Waals surface area contributed by atoms with Gasteiger partial charge in [-0.2, -0.15) is 9.40 Å². The van der Waals surface area contributed by atoms with Crippen LogP contribution in [0.1, 0.15) is 55.1 Å². The lowest BCUT2D eigenvalue weighted by atomic mass is 9.96. The number of nitrogens with zero attached hydrogens (tertiary/aromatic N) is 5. The van der Waals surface area contributed by atoms with Gasteiger partial charge in [-0.15, -0.1) is 0 Å². The van der Waals surface area contributed by atoms with E-state index in [1.54, 1.807) is 17.0 Å². The molecule has 3 heterocycles. The SMILES string of the molecule is Cc1ccc(S(=O)(=O)N2CCC(C(=O)N(CCn3nc(C)cc3C)c3nc4c(C(C)C)cccc4s3)CC2)cc1. The number of amides is 1. The summed E-state index contributed by atoms with van der Waals surface area (Å²) >= 11 is 1.54. The predicted molar refractivity (Wildman–Crippen MR) is 160 cm³/mol. The third-order valence-corrected chi connectivity index (χ3v) is 10.6. The molecule has 40 heavy (non-hydrogen) atoms. The number of sulfonamides is 1. The maximum atomic E-state index is 14.1. The molecule has 1 amide bonds. The number of piperidine rings is 1. The number of para-hydroxylation sites is 1. The lowest BCUT2D eigenvalue weighted by Crippen LogP contribution is -2.45. The van der Waals surface area contributed by atoms with Gasteiger partial charge in [-0.1, -0.05) is 55.0 Å². The summed E-state index contributed by atoms with van der Waals surface area (Å²) in [6.45, 7) is 11.8. The molecule has 0 aliphatic carbocycles. The van der Waals surface area contributed by atoms with Crippen molar-refractivity contribution in [2.75, 3.05) is 24.5 Å². The van der Waals surface area contributed by atoms with E-state index in [9.17, 15) is 13.2 Å². The molecule has 2 aromatic carbocycles. The fourth-order valence-corrected chi connectivity index (χ4v) is 7.86. The highest BCUT2D eigenvalue weighted by Gasteiger charge is 2.35. The van der Waals surface area contributed by atoms with Crippen molar-refractivity contribution in [3.63, 3.8) is 0 Å². The molecule has 1 aliphatic rings. The van der Waals surface area contributed by atoms with Gasteiger partial charge in [-0.25, -0.2) is 13.4 Å². The quantitative estimate of drug-likeness (QED) is 0.268. The summed E-state index contributed by atoms with van der Waals surface area (Å²) in [5.74, 6) is 0.0397. The molecular weight excluding hydrogens is 542 g/mol. The van der Waals surface area contributed by atoms with Crippen molar-refractivity contribution >= 4 is 42.6 Å². The topological polar surface area (TPSA) is 88.4 Å². The van der Waals surface area contributed by atoms with E-state index in [0.29, 0.717) is 55.0 Å². The minimum atomic E-state index is -3.59. The molecule has 1 saturated heterocycles. The Balaban J connectivity index is 1.38. The zero-order valence-electron chi connectivity index (χ0n) is 23.8. The van der Waals surface area contributed by atoms with E-state index in [1.165, 1.54) is 21.2 Å². The van der Waals surface area contributed by atoms with Gasteiger partial charge in [0.15, 0.2) is 5.13 Å². The van der Waals surface area contributed by atoms with Gasteiger partial charge in [0.1, 0.15) is 0 Å². The van der Waals surface area contributed by atoms with E-state index >= 15 is 0 Å². The monoisotopic (exact) mass is 579 g/mol. The average molecular weight is 580 g/mol. The molecule has 5 rings (SSSR count). The lowest BCUT2D eigenvalue weighted by Gasteiger charge is -2.33. The number of rotatable bonds is 8. The highest BCUT2D eigenvalue weighted by molar-refractivity contribution is 7.89. The van der Waals surface area contributed by atoms with E-state index in [0.717, 1.165) is 27.2 Å². The molecule has 0 N–H and O–H groups in total. The average Bonchev–Trinajstić information content (AvgIpc) is 3.50. The van der Waals surface area contributed by atoms with Crippen molar-refractivity contribution < 1.29 is 13.2 Å². The largest absolute Gasteiger partial charge is 0.286 e. The molecule has 2 aromatic heterocycles. The zero-order valence-corrected chi connectivity index (χ0v) is 25.4. The van der Waals surface area contributed by atoms with Crippen molar-refractivity contribution in [2.24, 2.45) is 5.92 Å². The van der Waals surface area contributed by atoms with Gasteiger partial charge < -0.3 is 0 Å². The number of carbonyl (C=O) groups excluding carboxylic acids is 1. The Morgan fingerprint density at radius 1 is 1.07 bits per heavy atom. The Morgan fingerprint density at radius 3 is 2.40 bits per heavy atom. The molecule has 0 unspecified atom stereocenters. The number of aromatic nitrogens is 3. The molecule has 0 spiro atoms. The fraction of sp³-hybridized carbons (Fsp3) is 0.433. The van der Waals surface area contributed by atoms with Crippen LogP contribution >= 0.6 is 11.3 Å². The van der Waals surface area contributed by atoms with Gasteiger partial charge in [0.05, 0.1) is 27.4 Å². The zero-order chi connectivity index (χ0) is 28.6. The number of aryl methyl sites for hydroxylation is 3. The smallest absolute Gasteiger partial charge is 0.243 e. The van der Waals surface area contributed by atoms with Gasteiger partial charge in [-0.05, 0) is 69.4 Å². The molecule has 10 heteroatoms. The van der Waals surface area contributed by atoms with Crippen molar-refractivity contribution in [2.45, 2.75) is 64.8 Å². The Kier molecular flexibility index (Phi) is 8.13. The molecule has 0 bridgehead atoms. The van der Waals surface area contributed by atoms with Crippen molar-refractivity contribution in [3.05, 3.63) is 71.0 Å². The molecule has 212 valence electrons. The van der Waals surface area contributed by atoms with Gasteiger partial charge in [0, 0.05) is 31.2 Å². The standard InChI is InChI=1S/C30H37N5O3S2/c1-20(2)26-7-6-8-27-28(26)31-30(39-27)34(17-18-35-23(5)19-22(4)32-35)29(36)24-13-15-33(16-14-24)40(37,38)25-11-9-21(3)10-12-25/h6-12,19-20,24H,13-18H2,1-5H3. The second-order valence-corrected chi connectivity index (χ2v) is 13.9. The van der Waals surface area contributed by atoms with Crippen LogP contribution < -0.4 is 4.90 Å². The number of fused-ring (bicyclic) bond motifs is 1. The van der Waals surface area contributed by atoms with Crippen LogP contribution in [-0.2, 0) is 21.4 Å². The summed E-state index contributed by atoms with van der Waals surface area (Å²) in [7, 11) is -3.59. The van der Waals surface area contributed by atoms with Gasteiger partial charge in [-0.3, -0.25) is 14.4 Å². The second kappa shape index (κ2) is 11.4. The van der Waals surface area contributed by atoms with Crippen molar-refractivity contribution in [3.8, 4) is 0 Å². The second-order valence-electron chi connectivity index (χ2n) is 11.0. The number of benzene rings is 2. The summed E-state index contributed by atoms with van der Waals surface area (Å²) in [5, 5.41) is 5.27. The summed E-state index contributed by atoms with van der Waals surface area (Å²) in [6, 6.07) is 15.2. The Bertz CT molecular complexity index is 1610. The van der Waals surface area contributed by atoms with E-state index < -0.39 is 10.0 Å². The first-order valence-electron chi connectivity index (χ1n) is 13.8. The van der Waals surface area contributed by atoms with Crippen LogP contribution in [0.5, 0.6) is 0 Å². The maximum absolute atomic E-state index is 14.1. The first-order chi connectivity index (χ1) is 19.0. The minimum Gasteiger partial charge on any atom is -0.286 e. The summed E-state index contributed by atoms with van der Waals surface area (Å²) < 4.78 is 30.9. The maximum Gasteiger partial charge on any atom is 0.243 e. The number of thiazole rings is 1. The van der Waals surface area contributed by atoms with Gasteiger partial charge in [0.25, 0.3) is 0 Å². The molecule has 0 saturated carbocycles. The fourth-order valence-electron chi connectivity index (χ4n) is 5.36. The number of carbonyl (C=O) groups is 1. The normalized spacial score (nSPS) is 15.2. The highest BCUT2D eigenvalue weighted by Crippen LogP contribution is 2.35. The summed E-state index contributed by atoms with van der Waals surface area (Å²) in [6.07, 6.45) is 0.949. The summed E-state index contributed by atoms with van der Waals surface area (Å²) in [4.78, 5) is 21.1. The molecule has 4 aromatic rings. The summed E-state index contributed by atoms with van der Waals surface area (Å²) in [5.41, 5.74) is 5.12. The van der Waals surface area contributed by atoms with Crippen molar-refractivity contribution in [1.82, 2.24) is 19.1 Å². The Morgan fingerprint density at radius 2 is 1.77 bits per heavy atom. The molecule has 1 fully saturated rings. The number of hydrogen-bond donors (Lipinski definition) is 0. The van der Waals surface area contributed by atoms with Crippen LogP contribution in [0, 0.1) is 26.7 Å². The van der Waals surface area contributed by atoms with Crippen molar-refractivity contribution in [1.29, 1.82) is 0 Å². The molecule has 1 aliphatic heterocycles. The van der Waals surface area contributed by atoms with Crippen LogP contribution in [0.15, 0.2) is 53.4 Å². The lowest BCUT2D eigenvalue weighted by molar-refractivity contribution is -0.123. The van der Waals surface area contributed by atoms with Crippen LogP contribution in [0.2, 0.25) is 0 Å². The molecule has 8 nitrogen and oxygen atoms in total. The van der Waals surface area contributed by atoms with E-state index in [2.05, 4.69) is 31.1 Å². The van der Waals surface area contributed by atoms with Crippen LogP contribution in [-0.4, -0.2) is 53.0 Å². The minimum absolute atomic E-state index is 0.000863. The molecule has 0 radical (unpaired) electrons. The third kappa shape index (κ3) is 5.70. The van der Waals surface area contributed by atoms with Gasteiger partial charge in [0.2, 0.25) is 15.9 Å². The molecular formula is C30H37N5O3S2. The van der Waals surface area contributed by atoms with Crippen LogP contribution in [0.4, 0.5) is 5.13 Å². The highest BCUT2D eigenvalue weighted by atomic mass is 32.2.